The van der Waals surface area contributed by atoms with E-state index < -0.39 is 0 Å². The van der Waals surface area contributed by atoms with Crippen molar-refractivity contribution in [2.75, 3.05) is 6.61 Å². The van der Waals surface area contributed by atoms with Crippen LogP contribution >= 0.6 is 11.6 Å². The third kappa shape index (κ3) is 6.24. The lowest BCUT2D eigenvalue weighted by atomic mass is 10.2. The summed E-state index contributed by atoms with van der Waals surface area (Å²) >= 11 is 5.90. The van der Waals surface area contributed by atoms with Gasteiger partial charge in [-0.3, -0.25) is 4.79 Å². The summed E-state index contributed by atoms with van der Waals surface area (Å²) in [4.78, 5) is 12.0. The van der Waals surface area contributed by atoms with Gasteiger partial charge in [-0.2, -0.15) is 5.10 Å². The van der Waals surface area contributed by atoms with Gasteiger partial charge in [-0.15, -0.1) is 0 Å². The highest BCUT2D eigenvalue weighted by Gasteiger charge is 2.05. The molecule has 0 unspecified atom stereocenters. The molecule has 6 heteroatoms. The van der Waals surface area contributed by atoms with E-state index >= 15 is 0 Å². The van der Waals surface area contributed by atoms with E-state index in [1.807, 2.05) is 60.8 Å². The summed E-state index contributed by atoms with van der Waals surface area (Å²) in [5.41, 5.74) is 3.01. The van der Waals surface area contributed by atoms with Gasteiger partial charge < -0.3 is 10.1 Å². The maximum absolute atomic E-state index is 12.0. The Hall–Kier alpha value is -2.63. The Morgan fingerprint density at radius 3 is 2.63 bits per heavy atom. The van der Waals surface area contributed by atoms with Crippen LogP contribution in [0.25, 0.3) is 5.69 Å². The lowest BCUT2D eigenvalue weighted by Gasteiger charge is -2.05. The van der Waals surface area contributed by atoms with Crippen molar-refractivity contribution in [1.82, 2.24) is 15.1 Å². The second kappa shape index (κ2) is 9.90. The minimum Gasteiger partial charge on any atom is -0.377 e. The van der Waals surface area contributed by atoms with E-state index in [1.165, 1.54) is 0 Å². The van der Waals surface area contributed by atoms with E-state index in [0.717, 1.165) is 16.8 Å². The Kier molecular flexibility index (Phi) is 7.02. The Morgan fingerprint density at radius 2 is 1.85 bits per heavy atom. The molecule has 0 saturated carbocycles. The normalized spacial score (nSPS) is 10.7. The molecule has 140 valence electrons. The predicted octanol–water partition coefficient (Wildman–Crippen LogP) is 4.14. The molecule has 0 spiro atoms. The number of hydrogen-bond acceptors (Lipinski definition) is 3. The summed E-state index contributed by atoms with van der Waals surface area (Å²) in [6.07, 6.45) is 4.78. The van der Waals surface area contributed by atoms with Gasteiger partial charge in [0.25, 0.3) is 0 Å². The molecule has 1 N–H and O–H groups in total. The van der Waals surface area contributed by atoms with Gasteiger partial charge in [0.1, 0.15) is 0 Å². The largest absolute Gasteiger partial charge is 0.377 e. The molecule has 0 aliphatic heterocycles. The van der Waals surface area contributed by atoms with Crippen LogP contribution in [0, 0.1) is 0 Å². The van der Waals surface area contributed by atoms with E-state index in [9.17, 15) is 4.79 Å². The topological polar surface area (TPSA) is 56.1 Å². The lowest BCUT2D eigenvalue weighted by molar-refractivity contribution is -0.121. The molecule has 5 nitrogen and oxygen atoms in total. The molecule has 1 aromatic heterocycles. The van der Waals surface area contributed by atoms with Gasteiger partial charge in [0, 0.05) is 36.4 Å². The van der Waals surface area contributed by atoms with Crippen LogP contribution in [0.15, 0.2) is 67.0 Å². The molecule has 0 radical (unpaired) electrons. The van der Waals surface area contributed by atoms with E-state index in [0.29, 0.717) is 37.6 Å². The maximum Gasteiger partial charge on any atom is 0.220 e. The van der Waals surface area contributed by atoms with Gasteiger partial charge in [-0.25, -0.2) is 4.68 Å². The molecule has 0 bridgehead atoms. The average Bonchev–Trinajstić information content (AvgIpc) is 3.16. The zero-order valence-electron chi connectivity index (χ0n) is 15.0. The zero-order valence-corrected chi connectivity index (χ0v) is 15.7. The third-order valence-corrected chi connectivity index (χ3v) is 4.27. The van der Waals surface area contributed by atoms with E-state index in [-0.39, 0.29) is 5.91 Å². The molecule has 0 aliphatic rings. The Balaban J connectivity index is 1.34. The molecule has 1 heterocycles. The van der Waals surface area contributed by atoms with E-state index in [1.54, 1.807) is 10.9 Å². The standard InChI is InChI=1S/C21H22ClN3O2/c22-19-8-10-20(11-9-19)25-15-18(14-24-25)13-23-21(26)7-4-12-27-16-17-5-2-1-3-6-17/h1-3,5-6,8-11,14-15H,4,7,12-13,16H2,(H,23,26). The summed E-state index contributed by atoms with van der Waals surface area (Å²) in [6.45, 7) is 1.60. The number of nitrogens with zero attached hydrogens (tertiary/aromatic N) is 2. The van der Waals surface area contributed by atoms with Crippen molar-refractivity contribution in [3.05, 3.63) is 83.1 Å². The summed E-state index contributed by atoms with van der Waals surface area (Å²) < 4.78 is 7.35. The number of amides is 1. The SMILES string of the molecule is O=C(CCCOCc1ccccc1)NCc1cnn(-c2ccc(Cl)cc2)c1. The highest BCUT2D eigenvalue weighted by molar-refractivity contribution is 6.30. The van der Waals surface area contributed by atoms with Gasteiger partial charge in [-0.1, -0.05) is 41.9 Å². The molecular weight excluding hydrogens is 362 g/mol. The Labute approximate surface area is 163 Å². The van der Waals surface area contributed by atoms with Crippen molar-refractivity contribution in [3.8, 4) is 5.69 Å². The molecule has 0 aliphatic carbocycles. The molecule has 0 saturated heterocycles. The number of benzene rings is 2. The average molecular weight is 384 g/mol. The maximum atomic E-state index is 12.0. The predicted molar refractivity (Wildman–Crippen MR) is 106 cm³/mol. The van der Waals surface area contributed by atoms with Crippen LogP contribution in [0.5, 0.6) is 0 Å². The summed E-state index contributed by atoms with van der Waals surface area (Å²) in [5, 5.41) is 7.91. The number of hydrogen-bond donors (Lipinski definition) is 1. The van der Waals surface area contributed by atoms with Gasteiger partial charge in [-0.05, 0) is 36.2 Å². The van der Waals surface area contributed by atoms with Gasteiger partial charge in [0.2, 0.25) is 5.91 Å². The molecule has 27 heavy (non-hydrogen) atoms. The zero-order chi connectivity index (χ0) is 18.9. The number of carbonyl (C=O) groups is 1. The summed E-state index contributed by atoms with van der Waals surface area (Å²) in [7, 11) is 0. The first-order chi connectivity index (χ1) is 13.2. The van der Waals surface area contributed by atoms with Gasteiger partial charge in [0.05, 0.1) is 18.5 Å². The highest BCUT2D eigenvalue weighted by Crippen LogP contribution is 2.13. The van der Waals surface area contributed by atoms with Crippen LogP contribution in [0.1, 0.15) is 24.0 Å². The summed E-state index contributed by atoms with van der Waals surface area (Å²) in [5.74, 6) is 0.0116. The van der Waals surface area contributed by atoms with Crippen molar-refractivity contribution in [2.45, 2.75) is 26.0 Å². The van der Waals surface area contributed by atoms with Crippen molar-refractivity contribution in [1.29, 1.82) is 0 Å². The van der Waals surface area contributed by atoms with Crippen LogP contribution in [-0.2, 0) is 22.7 Å². The first kappa shape index (κ1) is 19.1. The Bertz CT molecular complexity index is 847. The second-order valence-corrected chi connectivity index (χ2v) is 6.62. The first-order valence-electron chi connectivity index (χ1n) is 8.88. The molecule has 1 amide bonds. The second-order valence-electron chi connectivity index (χ2n) is 6.19. The van der Waals surface area contributed by atoms with Crippen molar-refractivity contribution in [2.24, 2.45) is 0 Å². The lowest BCUT2D eigenvalue weighted by Crippen LogP contribution is -2.22. The van der Waals surface area contributed by atoms with E-state index in [2.05, 4.69) is 10.4 Å². The molecule has 0 atom stereocenters. The number of halogens is 1. The summed E-state index contributed by atoms with van der Waals surface area (Å²) in [6, 6.07) is 17.4. The van der Waals surface area contributed by atoms with Crippen molar-refractivity contribution < 1.29 is 9.53 Å². The smallest absolute Gasteiger partial charge is 0.220 e. The number of aromatic nitrogens is 2. The van der Waals surface area contributed by atoms with Gasteiger partial charge in [0.15, 0.2) is 0 Å². The number of rotatable bonds is 9. The molecule has 2 aromatic carbocycles. The first-order valence-corrected chi connectivity index (χ1v) is 9.26. The fraction of sp³-hybridized carbons (Fsp3) is 0.238. The van der Waals surface area contributed by atoms with Crippen LogP contribution in [-0.4, -0.2) is 22.3 Å². The van der Waals surface area contributed by atoms with Crippen molar-refractivity contribution in [3.63, 3.8) is 0 Å². The van der Waals surface area contributed by atoms with Gasteiger partial charge >= 0.3 is 0 Å². The van der Waals surface area contributed by atoms with Crippen LogP contribution in [0.2, 0.25) is 5.02 Å². The van der Waals surface area contributed by atoms with Crippen molar-refractivity contribution >= 4 is 17.5 Å². The quantitative estimate of drug-likeness (QED) is 0.565. The van der Waals surface area contributed by atoms with Crippen LogP contribution < -0.4 is 5.32 Å². The third-order valence-electron chi connectivity index (χ3n) is 4.02. The molecule has 3 aromatic rings. The minimum atomic E-state index is 0.0116. The Morgan fingerprint density at radius 1 is 1.07 bits per heavy atom. The fourth-order valence-electron chi connectivity index (χ4n) is 2.57. The molecular formula is C21H22ClN3O2. The molecule has 0 fully saturated rings. The number of ether oxygens (including phenoxy) is 1. The minimum absolute atomic E-state index is 0.0116. The molecule has 3 rings (SSSR count). The van der Waals surface area contributed by atoms with Crippen LogP contribution in [0.3, 0.4) is 0 Å². The van der Waals surface area contributed by atoms with Crippen LogP contribution in [0.4, 0.5) is 0 Å². The van der Waals surface area contributed by atoms with E-state index in [4.69, 9.17) is 16.3 Å². The number of carbonyl (C=O) groups excluding carboxylic acids is 1. The monoisotopic (exact) mass is 383 g/mol. The highest BCUT2D eigenvalue weighted by atomic mass is 35.5. The number of nitrogens with one attached hydrogen (secondary N) is 1. The fourth-order valence-corrected chi connectivity index (χ4v) is 2.70.